The van der Waals surface area contributed by atoms with Gasteiger partial charge in [-0.05, 0) is 19.3 Å². The van der Waals surface area contributed by atoms with Crippen LogP contribution in [-0.2, 0) is 4.79 Å². The lowest BCUT2D eigenvalue weighted by Crippen LogP contribution is -2.46. The molecule has 0 heterocycles. The van der Waals surface area contributed by atoms with Gasteiger partial charge in [0.1, 0.15) is 6.10 Å². The normalized spacial score (nSPS) is 14.0. The van der Waals surface area contributed by atoms with Gasteiger partial charge in [0.15, 0.2) is 0 Å². The van der Waals surface area contributed by atoms with Crippen LogP contribution in [0.3, 0.4) is 0 Å². The van der Waals surface area contributed by atoms with Crippen molar-refractivity contribution in [3.63, 3.8) is 0 Å². The molecule has 0 radical (unpaired) electrons. The molecule has 0 aliphatic rings. The molecule has 86 valence electrons. The van der Waals surface area contributed by atoms with Gasteiger partial charge >= 0.3 is 0 Å². The zero-order valence-corrected chi connectivity index (χ0v) is 8.98. The summed E-state index contributed by atoms with van der Waals surface area (Å²) in [6, 6.07) is -0.519. The smallest absolute Gasteiger partial charge is 0.250 e. The number of aliphatic hydroxyl groups excluding tert-OH is 1. The number of allylic oxidation sites excluding steroid dienone is 1. The Hall–Kier alpha value is -1.13. The first kappa shape index (κ1) is 13.9. The number of amides is 1. The lowest BCUT2D eigenvalue weighted by Gasteiger charge is -2.17. The molecule has 4 N–H and O–H groups in total. The van der Waals surface area contributed by atoms with E-state index in [1.807, 2.05) is 0 Å². The minimum atomic E-state index is -1.14. The van der Waals surface area contributed by atoms with Crippen LogP contribution in [0.1, 0.15) is 19.3 Å². The predicted molar refractivity (Wildman–Crippen MR) is 61.2 cm³/mol. The van der Waals surface area contributed by atoms with Gasteiger partial charge < -0.3 is 16.2 Å². The van der Waals surface area contributed by atoms with Crippen LogP contribution < -0.4 is 11.1 Å². The van der Waals surface area contributed by atoms with E-state index in [2.05, 4.69) is 18.5 Å². The lowest BCUT2D eigenvalue weighted by atomic mass is 10.0. The number of carbonyl (C=O) groups excluding carboxylic acids is 1. The second-order valence-corrected chi connectivity index (χ2v) is 3.36. The highest BCUT2D eigenvalue weighted by molar-refractivity contribution is 5.81. The van der Waals surface area contributed by atoms with Crippen molar-refractivity contribution in [2.45, 2.75) is 31.4 Å². The Balaban J connectivity index is 3.84. The molecule has 0 fully saturated rings. The van der Waals surface area contributed by atoms with Crippen LogP contribution in [0.15, 0.2) is 25.3 Å². The Morgan fingerprint density at radius 3 is 2.67 bits per heavy atom. The molecule has 2 atom stereocenters. The average Bonchev–Trinajstić information content (AvgIpc) is 2.24. The van der Waals surface area contributed by atoms with Crippen molar-refractivity contribution >= 4 is 5.91 Å². The lowest BCUT2D eigenvalue weighted by molar-refractivity contribution is -0.130. The first-order valence-electron chi connectivity index (χ1n) is 5.06. The van der Waals surface area contributed by atoms with E-state index in [1.165, 1.54) is 0 Å². The van der Waals surface area contributed by atoms with Crippen molar-refractivity contribution < 1.29 is 9.90 Å². The van der Waals surface area contributed by atoms with Gasteiger partial charge in [-0.1, -0.05) is 12.2 Å². The fourth-order valence-electron chi connectivity index (χ4n) is 1.13. The summed E-state index contributed by atoms with van der Waals surface area (Å²) in [4.78, 5) is 11.3. The molecule has 0 aliphatic heterocycles. The fraction of sp³-hybridized carbons (Fsp3) is 0.545. The Labute approximate surface area is 90.9 Å². The van der Waals surface area contributed by atoms with Gasteiger partial charge in [-0.2, -0.15) is 0 Å². The van der Waals surface area contributed by atoms with Gasteiger partial charge in [-0.3, -0.25) is 4.79 Å². The van der Waals surface area contributed by atoms with Crippen molar-refractivity contribution in [1.82, 2.24) is 5.32 Å². The number of nitrogens with two attached hydrogens (primary N) is 1. The molecule has 4 heteroatoms. The molecular formula is C11H20N2O2. The molecule has 0 saturated carbocycles. The Morgan fingerprint density at radius 2 is 2.13 bits per heavy atom. The molecule has 0 aromatic rings. The van der Waals surface area contributed by atoms with E-state index in [4.69, 9.17) is 5.73 Å². The van der Waals surface area contributed by atoms with Crippen LogP contribution in [0, 0.1) is 0 Å². The number of aliphatic hydroxyl groups is 1. The number of unbranched alkanes of at least 4 members (excludes halogenated alkanes) is 1. The molecule has 0 rings (SSSR count). The molecule has 1 amide bonds. The molecule has 0 aliphatic carbocycles. The van der Waals surface area contributed by atoms with Crippen molar-refractivity contribution in [2.75, 3.05) is 6.54 Å². The van der Waals surface area contributed by atoms with Gasteiger partial charge in [-0.15, -0.1) is 13.2 Å². The van der Waals surface area contributed by atoms with E-state index >= 15 is 0 Å². The minimum absolute atomic E-state index is 0.343. The Morgan fingerprint density at radius 1 is 1.47 bits per heavy atom. The number of nitrogens with one attached hydrogen (secondary N) is 1. The third kappa shape index (κ3) is 6.04. The first-order chi connectivity index (χ1) is 7.13. The van der Waals surface area contributed by atoms with Crippen molar-refractivity contribution in [3.05, 3.63) is 25.3 Å². The number of rotatable bonds is 8. The summed E-state index contributed by atoms with van der Waals surface area (Å²) in [5, 5.41) is 12.0. The quantitative estimate of drug-likeness (QED) is 0.401. The zero-order valence-electron chi connectivity index (χ0n) is 8.98. The van der Waals surface area contributed by atoms with E-state index in [1.54, 1.807) is 12.2 Å². The van der Waals surface area contributed by atoms with Crippen LogP contribution in [0.5, 0.6) is 0 Å². The standard InChI is InChI=1S/C11H20N2O2/c1-3-5-6-7-9(12)10(14)11(15)13-8-4-2/h3-4,9-10,14H,1-2,5-8,12H2,(H,13,15). The van der Waals surface area contributed by atoms with E-state index in [0.717, 1.165) is 12.8 Å². The van der Waals surface area contributed by atoms with Crippen LogP contribution in [0.4, 0.5) is 0 Å². The Bertz CT molecular complexity index is 217. The van der Waals surface area contributed by atoms with Gasteiger partial charge in [-0.25, -0.2) is 0 Å². The summed E-state index contributed by atoms with van der Waals surface area (Å²) in [7, 11) is 0. The molecule has 0 aromatic carbocycles. The summed E-state index contributed by atoms with van der Waals surface area (Å²) in [5.41, 5.74) is 5.66. The third-order valence-corrected chi connectivity index (χ3v) is 2.04. The van der Waals surface area contributed by atoms with Gasteiger partial charge in [0, 0.05) is 12.6 Å². The van der Waals surface area contributed by atoms with E-state index in [9.17, 15) is 9.90 Å². The van der Waals surface area contributed by atoms with E-state index in [-0.39, 0.29) is 0 Å². The number of carbonyl (C=O) groups is 1. The maximum absolute atomic E-state index is 11.3. The second-order valence-electron chi connectivity index (χ2n) is 3.36. The maximum Gasteiger partial charge on any atom is 0.250 e. The second kappa shape index (κ2) is 8.20. The highest BCUT2D eigenvalue weighted by Crippen LogP contribution is 2.03. The van der Waals surface area contributed by atoms with Crippen molar-refractivity contribution in [2.24, 2.45) is 5.73 Å². The van der Waals surface area contributed by atoms with Crippen molar-refractivity contribution in [3.8, 4) is 0 Å². The summed E-state index contributed by atoms with van der Waals surface area (Å²) < 4.78 is 0. The first-order valence-corrected chi connectivity index (χ1v) is 5.06. The molecule has 0 bridgehead atoms. The Kier molecular flexibility index (Phi) is 7.58. The molecule has 15 heavy (non-hydrogen) atoms. The van der Waals surface area contributed by atoms with E-state index < -0.39 is 18.1 Å². The fourth-order valence-corrected chi connectivity index (χ4v) is 1.13. The van der Waals surface area contributed by atoms with Crippen LogP contribution in [-0.4, -0.2) is 29.7 Å². The topological polar surface area (TPSA) is 75.3 Å². The van der Waals surface area contributed by atoms with Crippen LogP contribution in [0.2, 0.25) is 0 Å². The number of hydrogen-bond acceptors (Lipinski definition) is 3. The van der Waals surface area contributed by atoms with Crippen molar-refractivity contribution in [1.29, 1.82) is 0 Å². The average molecular weight is 212 g/mol. The summed E-state index contributed by atoms with van der Waals surface area (Å²) in [5.74, 6) is -0.444. The highest BCUT2D eigenvalue weighted by Gasteiger charge is 2.21. The SMILES string of the molecule is C=CCCCC(N)C(O)C(=O)NCC=C. The molecule has 0 aromatic heterocycles. The van der Waals surface area contributed by atoms with Crippen LogP contribution >= 0.6 is 0 Å². The molecular weight excluding hydrogens is 192 g/mol. The zero-order chi connectivity index (χ0) is 11.7. The van der Waals surface area contributed by atoms with Gasteiger partial charge in [0.05, 0.1) is 0 Å². The van der Waals surface area contributed by atoms with Gasteiger partial charge in [0.25, 0.3) is 5.91 Å². The van der Waals surface area contributed by atoms with Gasteiger partial charge in [0.2, 0.25) is 0 Å². The predicted octanol–water partition coefficient (Wildman–Crippen LogP) is 0.333. The monoisotopic (exact) mass is 212 g/mol. The molecule has 2 unspecified atom stereocenters. The highest BCUT2D eigenvalue weighted by atomic mass is 16.3. The minimum Gasteiger partial charge on any atom is -0.382 e. The summed E-state index contributed by atoms with van der Waals surface area (Å²) in [6.07, 6.45) is 4.47. The molecule has 4 nitrogen and oxygen atoms in total. The third-order valence-electron chi connectivity index (χ3n) is 2.04. The molecule has 0 spiro atoms. The number of hydrogen-bond donors (Lipinski definition) is 3. The summed E-state index contributed by atoms with van der Waals surface area (Å²) >= 11 is 0. The summed E-state index contributed by atoms with van der Waals surface area (Å²) in [6.45, 7) is 7.39. The van der Waals surface area contributed by atoms with Crippen LogP contribution in [0.25, 0.3) is 0 Å². The van der Waals surface area contributed by atoms with E-state index in [0.29, 0.717) is 13.0 Å². The maximum atomic E-state index is 11.3. The molecule has 0 saturated heterocycles. The largest absolute Gasteiger partial charge is 0.382 e.